The fourth-order valence-corrected chi connectivity index (χ4v) is 3.25. The highest BCUT2D eigenvalue weighted by Crippen LogP contribution is 2.33. The second-order valence-electron chi connectivity index (χ2n) is 7.07. The van der Waals surface area contributed by atoms with Crippen LogP contribution in [0.3, 0.4) is 0 Å². The number of rotatable bonds is 7. The molecule has 0 radical (unpaired) electrons. The molecule has 3 rings (SSSR count). The Morgan fingerprint density at radius 1 is 1.28 bits per heavy atom. The highest BCUT2D eigenvalue weighted by molar-refractivity contribution is 8.32. The van der Waals surface area contributed by atoms with Crippen molar-refractivity contribution in [1.29, 1.82) is 0 Å². The number of hydrogen-bond acceptors (Lipinski definition) is 4. The van der Waals surface area contributed by atoms with E-state index >= 15 is 0 Å². The first-order valence-electron chi connectivity index (χ1n) is 8.26. The van der Waals surface area contributed by atoms with Crippen LogP contribution in [0.15, 0.2) is 36.9 Å². The average Bonchev–Trinajstić information content (AvgIpc) is 3.19. The number of aliphatic hydroxyl groups excluding tert-OH is 1. The van der Waals surface area contributed by atoms with Crippen molar-refractivity contribution in [3.63, 3.8) is 0 Å². The van der Waals surface area contributed by atoms with Crippen LogP contribution in [0.4, 0.5) is 0 Å². The molecule has 1 aromatic carbocycles. The van der Waals surface area contributed by atoms with Gasteiger partial charge in [-0.3, -0.25) is 0 Å². The Morgan fingerprint density at radius 3 is 2.72 bits per heavy atom. The van der Waals surface area contributed by atoms with Crippen LogP contribution < -0.4 is 0 Å². The highest BCUT2D eigenvalue weighted by atomic mass is 32.3. The lowest BCUT2D eigenvalue weighted by Gasteiger charge is -2.24. The van der Waals surface area contributed by atoms with Gasteiger partial charge < -0.3 is 14.4 Å². The summed E-state index contributed by atoms with van der Waals surface area (Å²) in [5.41, 5.74) is 3.47. The second-order valence-corrected chi connectivity index (χ2v) is 11.7. The van der Waals surface area contributed by atoms with E-state index in [-0.39, 0.29) is 0 Å². The molecule has 1 atom stereocenters. The Labute approximate surface area is 149 Å². The van der Waals surface area contributed by atoms with Gasteiger partial charge in [0, 0.05) is 23.7 Å². The van der Waals surface area contributed by atoms with Crippen LogP contribution in [0, 0.1) is 0 Å². The second kappa shape index (κ2) is 7.19. The average molecular weight is 362 g/mol. The van der Waals surface area contributed by atoms with Gasteiger partial charge in [0.1, 0.15) is 6.73 Å². The van der Waals surface area contributed by atoms with E-state index in [1.54, 1.807) is 24.1 Å². The Balaban J connectivity index is 1.86. The van der Waals surface area contributed by atoms with E-state index in [1.807, 2.05) is 29.0 Å². The summed E-state index contributed by atoms with van der Waals surface area (Å²) < 4.78 is 9.56. The number of fused-ring (bicyclic) bond motifs is 1. The molecule has 0 bridgehead atoms. The number of imidazole rings is 1. The summed E-state index contributed by atoms with van der Waals surface area (Å²) in [5, 5.41) is 14.5. The molecule has 2 aromatic heterocycles. The predicted octanol–water partition coefficient (Wildman–Crippen LogP) is 2.94. The molecule has 0 aliphatic heterocycles. The highest BCUT2D eigenvalue weighted by Gasteiger charge is 2.15. The molecular weight excluding hydrogens is 336 g/mol. The van der Waals surface area contributed by atoms with Crippen molar-refractivity contribution in [2.75, 3.05) is 31.1 Å². The molecule has 0 aliphatic rings. The number of aromatic nitrogens is 4. The molecule has 1 unspecified atom stereocenters. The molecule has 0 aliphatic carbocycles. The van der Waals surface area contributed by atoms with E-state index in [1.165, 1.54) is 0 Å². The molecule has 0 amide bonds. The Hall–Kier alpha value is -1.83. The molecule has 0 saturated carbocycles. The van der Waals surface area contributed by atoms with Crippen LogP contribution in [0.2, 0.25) is 0 Å². The number of nitrogens with zero attached hydrogens (tertiary/aromatic N) is 4. The molecule has 136 valence electrons. The quantitative estimate of drug-likeness (QED) is 0.656. The summed E-state index contributed by atoms with van der Waals surface area (Å²) in [7, 11) is -0.549. The summed E-state index contributed by atoms with van der Waals surface area (Å²) in [6.45, 7) is 2.97. The van der Waals surface area contributed by atoms with Gasteiger partial charge in [0.15, 0.2) is 0 Å². The van der Waals surface area contributed by atoms with E-state index in [0.29, 0.717) is 6.73 Å². The van der Waals surface area contributed by atoms with E-state index < -0.39 is 16.1 Å². The van der Waals surface area contributed by atoms with E-state index in [2.05, 4.69) is 28.8 Å². The lowest BCUT2D eigenvalue weighted by atomic mass is 10.1. The van der Waals surface area contributed by atoms with Crippen LogP contribution in [0.5, 0.6) is 0 Å². The van der Waals surface area contributed by atoms with Crippen LogP contribution >= 0.6 is 10.0 Å². The van der Waals surface area contributed by atoms with Crippen molar-refractivity contribution < 1.29 is 9.84 Å². The van der Waals surface area contributed by atoms with Crippen molar-refractivity contribution in [3.8, 4) is 5.69 Å². The number of ether oxygens (including phenoxy) is 1. The van der Waals surface area contributed by atoms with Crippen LogP contribution in [-0.4, -0.2) is 55.6 Å². The van der Waals surface area contributed by atoms with Gasteiger partial charge in [-0.25, -0.2) is 19.7 Å². The van der Waals surface area contributed by atoms with Crippen molar-refractivity contribution in [2.24, 2.45) is 0 Å². The number of aliphatic hydroxyl groups is 1. The minimum atomic E-state index is -0.600. The minimum absolute atomic E-state index is 0.465. The number of hydrogen-bond donors (Lipinski definition) is 1. The van der Waals surface area contributed by atoms with E-state index in [0.717, 1.165) is 34.6 Å². The summed E-state index contributed by atoms with van der Waals surface area (Å²) in [6.07, 6.45) is 11.6. The maximum Gasteiger partial charge on any atom is 0.124 e. The zero-order valence-corrected chi connectivity index (χ0v) is 16.0. The maximum absolute atomic E-state index is 10.2. The summed E-state index contributed by atoms with van der Waals surface area (Å²) in [6, 6.07) is 5.79. The SMILES string of the molecule is CC(O)c1cc2c(cc1-n1cccn1)ncn2COCCS(C)(C)C. The first kappa shape index (κ1) is 18.0. The van der Waals surface area contributed by atoms with Crippen LogP contribution in [0.25, 0.3) is 16.7 Å². The molecule has 2 heterocycles. The Morgan fingerprint density at radius 2 is 2.08 bits per heavy atom. The normalized spacial score (nSPS) is 14.1. The molecule has 0 fully saturated rings. The van der Waals surface area contributed by atoms with E-state index in [4.69, 9.17) is 4.74 Å². The van der Waals surface area contributed by atoms with Gasteiger partial charge in [-0.05, 0) is 43.9 Å². The lowest BCUT2D eigenvalue weighted by molar-refractivity contribution is 0.0923. The number of benzene rings is 1. The summed E-state index contributed by atoms with van der Waals surface area (Å²) >= 11 is 0. The summed E-state index contributed by atoms with van der Waals surface area (Å²) in [5.74, 6) is 1.09. The third kappa shape index (κ3) is 4.23. The summed E-state index contributed by atoms with van der Waals surface area (Å²) in [4.78, 5) is 4.48. The smallest absolute Gasteiger partial charge is 0.124 e. The van der Waals surface area contributed by atoms with Gasteiger partial charge in [-0.1, -0.05) is 0 Å². The van der Waals surface area contributed by atoms with E-state index in [9.17, 15) is 5.11 Å². The molecule has 3 aromatic rings. The molecule has 6 nitrogen and oxygen atoms in total. The Kier molecular flexibility index (Phi) is 5.17. The molecule has 1 N–H and O–H groups in total. The zero-order valence-electron chi connectivity index (χ0n) is 15.2. The standard InChI is InChI=1S/C18H26N4O2S/c1-14(23)15-10-18-16(11-17(15)22-7-5-6-20-22)19-12-21(18)13-24-8-9-25(2,3)4/h5-7,10-12,14,23H,8-9,13H2,1-4H3. The molecular formula is C18H26N4O2S. The molecule has 7 heteroatoms. The molecule has 25 heavy (non-hydrogen) atoms. The van der Waals surface area contributed by atoms with Crippen LogP contribution in [-0.2, 0) is 11.5 Å². The first-order chi connectivity index (χ1) is 11.8. The largest absolute Gasteiger partial charge is 0.389 e. The van der Waals surface area contributed by atoms with Gasteiger partial charge in [0.25, 0.3) is 0 Å². The first-order valence-corrected chi connectivity index (χ1v) is 11.3. The minimum Gasteiger partial charge on any atom is -0.389 e. The van der Waals surface area contributed by atoms with Gasteiger partial charge >= 0.3 is 0 Å². The van der Waals surface area contributed by atoms with Gasteiger partial charge in [0.2, 0.25) is 0 Å². The third-order valence-electron chi connectivity index (χ3n) is 4.04. The van der Waals surface area contributed by atoms with Gasteiger partial charge in [0.05, 0.1) is 35.8 Å². The maximum atomic E-state index is 10.2. The van der Waals surface area contributed by atoms with Crippen molar-refractivity contribution in [3.05, 3.63) is 42.5 Å². The zero-order chi connectivity index (χ0) is 18.0. The monoisotopic (exact) mass is 362 g/mol. The van der Waals surface area contributed by atoms with Crippen molar-refractivity contribution in [2.45, 2.75) is 19.8 Å². The topological polar surface area (TPSA) is 65.1 Å². The molecule has 0 saturated heterocycles. The van der Waals surface area contributed by atoms with Crippen molar-refractivity contribution >= 4 is 21.1 Å². The Bertz CT molecular complexity index is 835. The van der Waals surface area contributed by atoms with Crippen molar-refractivity contribution in [1.82, 2.24) is 19.3 Å². The van der Waals surface area contributed by atoms with Gasteiger partial charge in [-0.2, -0.15) is 5.10 Å². The molecule has 0 spiro atoms. The predicted molar refractivity (Wildman–Crippen MR) is 104 cm³/mol. The fraction of sp³-hybridized carbons (Fsp3) is 0.444. The third-order valence-corrected chi connectivity index (χ3v) is 5.43. The lowest BCUT2D eigenvalue weighted by Crippen LogP contribution is -2.10. The van der Waals surface area contributed by atoms with Crippen LogP contribution in [0.1, 0.15) is 18.6 Å². The fourth-order valence-electron chi connectivity index (χ4n) is 2.63. The van der Waals surface area contributed by atoms with Gasteiger partial charge in [-0.15, -0.1) is 0 Å².